The summed E-state index contributed by atoms with van der Waals surface area (Å²) in [7, 11) is 0. The molecule has 0 heterocycles. The predicted octanol–water partition coefficient (Wildman–Crippen LogP) is 3.01. The molecule has 1 aliphatic rings. The zero-order valence-electron chi connectivity index (χ0n) is 9.92. The van der Waals surface area contributed by atoms with Gasteiger partial charge in [-0.2, -0.15) is 0 Å². The molecule has 0 spiro atoms. The highest BCUT2D eigenvalue weighted by Gasteiger charge is 2.19. The highest BCUT2D eigenvalue weighted by molar-refractivity contribution is 5.97. The molecule has 0 atom stereocenters. The molecule has 1 saturated carbocycles. The van der Waals surface area contributed by atoms with Gasteiger partial charge in [-0.05, 0) is 30.4 Å². The maximum absolute atomic E-state index is 13.9. The summed E-state index contributed by atoms with van der Waals surface area (Å²) in [4.78, 5) is 11.4. The molecule has 0 saturated heterocycles. The largest absolute Gasteiger partial charge is 0.324 e. The van der Waals surface area contributed by atoms with E-state index in [4.69, 9.17) is 5.73 Å². The van der Waals surface area contributed by atoms with Crippen LogP contribution in [0.15, 0.2) is 18.2 Å². The lowest BCUT2D eigenvalue weighted by atomic mass is 9.83. The second-order valence-corrected chi connectivity index (χ2v) is 4.70. The molecule has 0 radical (unpaired) electrons. The normalized spacial score (nSPS) is 17.1. The lowest BCUT2D eigenvalue weighted by molar-refractivity contribution is 0.100. The van der Waals surface area contributed by atoms with E-state index >= 15 is 0 Å². The number of rotatable bonds is 3. The molecule has 1 aromatic carbocycles. The minimum absolute atomic E-state index is 0.0672. The third-order valence-electron chi connectivity index (χ3n) is 3.55. The lowest BCUT2D eigenvalue weighted by Gasteiger charge is -2.22. The van der Waals surface area contributed by atoms with Crippen molar-refractivity contribution in [3.8, 4) is 0 Å². The quantitative estimate of drug-likeness (QED) is 0.818. The van der Waals surface area contributed by atoms with Crippen LogP contribution in [0.1, 0.15) is 53.9 Å². The average molecular weight is 235 g/mol. The first-order valence-corrected chi connectivity index (χ1v) is 6.25. The zero-order valence-corrected chi connectivity index (χ0v) is 9.92. The number of carbonyl (C=O) groups excluding carboxylic acids is 1. The molecule has 1 aromatic rings. The fourth-order valence-corrected chi connectivity index (χ4v) is 2.56. The van der Waals surface area contributed by atoms with Crippen LogP contribution in [0.25, 0.3) is 0 Å². The summed E-state index contributed by atoms with van der Waals surface area (Å²) in [5.41, 5.74) is 6.40. The summed E-state index contributed by atoms with van der Waals surface area (Å²) < 4.78 is 13.9. The first-order chi connectivity index (χ1) is 8.22. The van der Waals surface area contributed by atoms with E-state index in [2.05, 4.69) is 0 Å². The Morgan fingerprint density at radius 1 is 1.29 bits per heavy atom. The van der Waals surface area contributed by atoms with E-state index in [0.717, 1.165) is 18.4 Å². The smallest absolute Gasteiger partial charge is 0.176 e. The Bertz CT molecular complexity index is 411. The van der Waals surface area contributed by atoms with Crippen molar-refractivity contribution in [2.45, 2.75) is 38.0 Å². The highest BCUT2D eigenvalue weighted by atomic mass is 19.1. The first-order valence-electron chi connectivity index (χ1n) is 6.25. The van der Waals surface area contributed by atoms with E-state index in [9.17, 15) is 9.18 Å². The lowest BCUT2D eigenvalue weighted by Crippen LogP contribution is -2.14. The van der Waals surface area contributed by atoms with Crippen LogP contribution in [-0.4, -0.2) is 12.3 Å². The van der Waals surface area contributed by atoms with Crippen LogP contribution in [0.2, 0.25) is 0 Å². The highest BCUT2D eigenvalue weighted by Crippen LogP contribution is 2.34. The van der Waals surface area contributed by atoms with Gasteiger partial charge < -0.3 is 5.73 Å². The maximum atomic E-state index is 13.9. The molecule has 0 aromatic heterocycles. The number of nitrogens with two attached hydrogens (primary N) is 1. The van der Waals surface area contributed by atoms with Crippen molar-refractivity contribution >= 4 is 5.78 Å². The number of Topliss-reactive ketones (excluding diaryl/α,β-unsaturated/α-hetero) is 1. The van der Waals surface area contributed by atoms with Crippen LogP contribution in [0.3, 0.4) is 0 Å². The third kappa shape index (κ3) is 2.72. The Hall–Kier alpha value is -1.22. The standard InChI is InChI=1S/C14H18FNO/c15-13-8-11(14(17)9-16)6-7-12(13)10-4-2-1-3-5-10/h6-8,10H,1-5,9,16H2. The van der Waals surface area contributed by atoms with Crippen molar-refractivity contribution < 1.29 is 9.18 Å². The van der Waals surface area contributed by atoms with Gasteiger partial charge in [-0.15, -0.1) is 0 Å². The van der Waals surface area contributed by atoms with Gasteiger partial charge in [0, 0.05) is 5.56 Å². The van der Waals surface area contributed by atoms with Crippen molar-refractivity contribution in [3.05, 3.63) is 35.1 Å². The van der Waals surface area contributed by atoms with Gasteiger partial charge in [-0.25, -0.2) is 4.39 Å². The van der Waals surface area contributed by atoms with Crippen LogP contribution in [-0.2, 0) is 0 Å². The van der Waals surface area contributed by atoms with Gasteiger partial charge >= 0.3 is 0 Å². The van der Waals surface area contributed by atoms with Gasteiger partial charge in [0.05, 0.1) is 6.54 Å². The molecule has 0 unspecified atom stereocenters. The molecule has 2 N–H and O–H groups in total. The number of benzene rings is 1. The van der Waals surface area contributed by atoms with E-state index in [-0.39, 0.29) is 18.1 Å². The number of halogens is 1. The molecular formula is C14H18FNO. The second-order valence-electron chi connectivity index (χ2n) is 4.70. The fourth-order valence-electron chi connectivity index (χ4n) is 2.56. The van der Waals surface area contributed by atoms with Crippen LogP contribution >= 0.6 is 0 Å². The van der Waals surface area contributed by atoms with Crippen LogP contribution < -0.4 is 5.73 Å². The van der Waals surface area contributed by atoms with Crippen LogP contribution in [0, 0.1) is 5.82 Å². The Labute approximate surface area is 101 Å². The van der Waals surface area contributed by atoms with E-state index in [1.807, 2.05) is 0 Å². The van der Waals surface area contributed by atoms with Gasteiger partial charge in [0.1, 0.15) is 5.82 Å². The number of ketones is 1. The molecule has 1 fully saturated rings. The summed E-state index contributed by atoms with van der Waals surface area (Å²) in [6, 6.07) is 4.79. The Morgan fingerprint density at radius 3 is 2.59 bits per heavy atom. The second kappa shape index (κ2) is 5.41. The molecule has 0 bridgehead atoms. The summed E-state index contributed by atoms with van der Waals surface area (Å²) in [6.45, 7) is -0.0672. The molecule has 2 nitrogen and oxygen atoms in total. The van der Waals surface area contributed by atoms with Crippen molar-refractivity contribution in [1.29, 1.82) is 0 Å². The summed E-state index contributed by atoms with van der Waals surface area (Å²) in [5.74, 6) is -0.138. The molecule has 0 aliphatic heterocycles. The number of hydrogen-bond donors (Lipinski definition) is 1. The molecule has 3 heteroatoms. The van der Waals surface area contributed by atoms with E-state index in [1.54, 1.807) is 12.1 Å². The minimum Gasteiger partial charge on any atom is -0.324 e. The van der Waals surface area contributed by atoms with Gasteiger partial charge in [-0.1, -0.05) is 31.4 Å². The Kier molecular flexibility index (Phi) is 3.89. The van der Waals surface area contributed by atoms with Gasteiger partial charge in [0.15, 0.2) is 5.78 Å². The average Bonchev–Trinajstić information content (AvgIpc) is 2.38. The SMILES string of the molecule is NCC(=O)c1ccc(C2CCCCC2)c(F)c1. The molecule has 92 valence electrons. The van der Waals surface area contributed by atoms with Crippen LogP contribution in [0.5, 0.6) is 0 Å². The minimum atomic E-state index is -0.254. The monoisotopic (exact) mass is 235 g/mol. The zero-order chi connectivity index (χ0) is 12.3. The topological polar surface area (TPSA) is 43.1 Å². The van der Waals surface area contributed by atoms with Crippen molar-refractivity contribution in [2.75, 3.05) is 6.54 Å². The fraction of sp³-hybridized carbons (Fsp3) is 0.500. The molecule has 17 heavy (non-hydrogen) atoms. The predicted molar refractivity (Wildman–Crippen MR) is 65.6 cm³/mol. The number of carbonyl (C=O) groups is 1. The van der Waals surface area contributed by atoms with E-state index in [0.29, 0.717) is 11.5 Å². The molecule has 1 aliphatic carbocycles. The third-order valence-corrected chi connectivity index (χ3v) is 3.55. The van der Waals surface area contributed by atoms with Gasteiger partial charge in [-0.3, -0.25) is 4.79 Å². The van der Waals surface area contributed by atoms with Crippen LogP contribution in [0.4, 0.5) is 4.39 Å². The maximum Gasteiger partial charge on any atom is 0.176 e. The Balaban J connectivity index is 2.21. The van der Waals surface area contributed by atoms with E-state index in [1.165, 1.54) is 25.3 Å². The van der Waals surface area contributed by atoms with Gasteiger partial charge in [0.2, 0.25) is 0 Å². The molecule has 2 rings (SSSR count). The number of hydrogen-bond acceptors (Lipinski definition) is 2. The van der Waals surface area contributed by atoms with E-state index < -0.39 is 0 Å². The van der Waals surface area contributed by atoms with Crippen molar-refractivity contribution in [2.24, 2.45) is 5.73 Å². The van der Waals surface area contributed by atoms with Crippen molar-refractivity contribution in [3.63, 3.8) is 0 Å². The molecule has 0 amide bonds. The molecular weight excluding hydrogens is 217 g/mol. The van der Waals surface area contributed by atoms with Gasteiger partial charge in [0.25, 0.3) is 0 Å². The Morgan fingerprint density at radius 2 is 2.00 bits per heavy atom. The first kappa shape index (κ1) is 12.2. The summed E-state index contributed by atoms with van der Waals surface area (Å²) >= 11 is 0. The summed E-state index contributed by atoms with van der Waals surface area (Å²) in [5, 5.41) is 0. The summed E-state index contributed by atoms with van der Waals surface area (Å²) in [6.07, 6.45) is 5.71. The van der Waals surface area contributed by atoms with Crippen molar-refractivity contribution in [1.82, 2.24) is 0 Å².